The van der Waals surface area contributed by atoms with Gasteiger partial charge in [-0.05, 0) is 19.1 Å². The van der Waals surface area contributed by atoms with Crippen LogP contribution in [0.3, 0.4) is 0 Å². The van der Waals surface area contributed by atoms with E-state index in [-0.39, 0.29) is 12.5 Å². The predicted octanol–water partition coefficient (Wildman–Crippen LogP) is 0.602. The van der Waals surface area contributed by atoms with E-state index in [1.54, 1.807) is 32.4 Å². The van der Waals surface area contributed by atoms with Crippen LogP contribution in [0.5, 0.6) is 0 Å². The van der Waals surface area contributed by atoms with Crippen LogP contribution < -0.4 is 4.90 Å². The molecular formula is C12H19N3O2. The van der Waals surface area contributed by atoms with Gasteiger partial charge in [-0.25, -0.2) is 4.98 Å². The van der Waals surface area contributed by atoms with E-state index in [0.717, 1.165) is 12.4 Å². The number of anilines is 1. The van der Waals surface area contributed by atoms with Crippen LogP contribution in [0, 0.1) is 0 Å². The van der Waals surface area contributed by atoms with Crippen molar-refractivity contribution in [1.29, 1.82) is 0 Å². The number of pyridine rings is 1. The summed E-state index contributed by atoms with van der Waals surface area (Å²) in [7, 11) is 3.42. The fraction of sp³-hybridized carbons (Fsp3) is 0.500. The molecule has 94 valence electrons. The van der Waals surface area contributed by atoms with Crippen molar-refractivity contribution in [3.8, 4) is 0 Å². The zero-order chi connectivity index (χ0) is 12.8. The number of aromatic nitrogens is 1. The SMILES string of the molecule is CCN(CCO)c1ccc(C(=O)N(C)C)cn1. The maximum Gasteiger partial charge on any atom is 0.254 e. The van der Waals surface area contributed by atoms with E-state index in [2.05, 4.69) is 4.98 Å². The van der Waals surface area contributed by atoms with Crippen LogP contribution in [0.15, 0.2) is 18.3 Å². The fourth-order valence-electron chi connectivity index (χ4n) is 1.51. The number of rotatable bonds is 5. The van der Waals surface area contributed by atoms with Crippen LogP contribution in [0.25, 0.3) is 0 Å². The number of hydrogen-bond acceptors (Lipinski definition) is 4. The van der Waals surface area contributed by atoms with Crippen molar-refractivity contribution in [2.24, 2.45) is 0 Å². The zero-order valence-electron chi connectivity index (χ0n) is 10.6. The van der Waals surface area contributed by atoms with Gasteiger partial charge in [-0.1, -0.05) is 0 Å². The van der Waals surface area contributed by atoms with E-state index in [4.69, 9.17) is 5.11 Å². The summed E-state index contributed by atoms with van der Waals surface area (Å²) in [5, 5.41) is 8.91. The molecule has 1 aromatic rings. The maximum atomic E-state index is 11.7. The summed E-state index contributed by atoms with van der Waals surface area (Å²) in [6.07, 6.45) is 1.57. The van der Waals surface area contributed by atoms with Crippen LogP contribution in [0.2, 0.25) is 0 Å². The summed E-state index contributed by atoms with van der Waals surface area (Å²) in [4.78, 5) is 19.4. The van der Waals surface area contributed by atoms with Gasteiger partial charge in [0, 0.05) is 33.4 Å². The summed E-state index contributed by atoms with van der Waals surface area (Å²) >= 11 is 0. The first kappa shape index (κ1) is 13.4. The van der Waals surface area contributed by atoms with Gasteiger partial charge < -0.3 is 14.9 Å². The normalized spacial score (nSPS) is 10.1. The lowest BCUT2D eigenvalue weighted by atomic mass is 10.2. The molecule has 1 N–H and O–H groups in total. The van der Waals surface area contributed by atoms with E-state index in [1.807, 2.05) is 11.8 Å². The number of carbonyl (C=O) groups is 1. The number of amides is 1. The molecule has 0 aromatic carbocycles. The molecule has 0 unspecified atom stereocenters. The number of likely N-dealkylation sites (N-methyl/N-ethyl adjacent to an activating group) is 1. The molecule has 0 saturated heterocycles. The molecule has 1 rings (SSSR count). The smallest absolute Gasteiger partial charge is 0.254 e. The first-order valence-electron chi connectivity index (χ1n) is 5.63. The minimum absolute atomic E-state index is 0.0609. The number of carbonyl (C=O) groups excluding carboxylic acids is 1. The Hall–Kier alpha value is -1.62. The highest BCUT2D eigenvalue weighted by atomic mass is 16.3. The minimum atomic E-state index is -0.0609. The molecule has 5 heteroatoms. The van der Waals surface area contributed by atoms with Crippen molar-refractivity contribution >= 4 is 11.7 Å². The Labute approximate surface area is 102 Å². The summed E-state index contributed by atoms with van der Waals surface area (Å²) < 4.78 is 0. The lowest BCUT2D eigenvalue weighted by Gasteiger charge is -2.20. The third-order valence-electron chi connectivity index (χ3n) is 2.48. The van der Waals surface area contributed by atoms with Gasteiger partial charge in [0.15, 0.2) is 0 Å². The summed E-state index contributed by atoms with van der Waals surface area (Å²) in [5.41, 5.74) is 0.568. The standard InChI is InChI=1S/C12H19N3O2/c1-4-15(7-8-16)11-6-5-10(9-13-11)12(17)14(2)3/h5-6,9,16H,4,7-8H2,1-3H3. The van der Waals surface area contributed by atoms with Gasteiger partial charge in [0.05, 0.1) is 12.2 Å². The van der Waals surface area contributed by atoms with Crippen LogP contribution in [0.4, 0.5) is 5.82 Å². The average molecular weight is 237 g/mol. The average Bonchev–Trinajstić information content (AvgIpc) is 2.35. The van der Waals surface area contributed by atoms with Crippen molar-refractivity contribution in [2.45, 2.75) is 6.92 Å². The van der Waals surface area contributed by atoms with E-state index in [1.165, 1.54) is 4.90 Å². The quantitative estimate of drug-likeness (QED) is 0.815. The first-order valence-corrected chi connectivity index (χ1v) is 5.63. The van der Waals surface area contributed by atoms with Gasteiger partial charge in [-0.3, -0.25) is 4.79 Å². The molecule has 1 heterocycles. The Bertz CT molecular complexity index is 363. The van der Waals surface area contributed by atoms with E-state index in [0.29, 0.717) is 12.1 Å². The van der Waals surface area contributed by atoms with Gasteiger partial charge in [0.2, 0.25) is 0 Å². The van der Waals surface area contributed by atoms with Gasteiger partial charge in [-0.2, -0.15) is 0 Å². The van der Waals surface area contributed by atoms with Crippen LogP contribution >= 0.6 is 0 Å². The highest BCUT2D eigenvalue weighted by Gasteiger charge is 2.10. The maximum absolute atomic E-state index is 11.7. The van der Waals surface area contributed by atoms with Gasteiger partial charge in [0.1, 0.15) is 5.82 Å². The van der Waals surface area contributed by atoms with Crippen molar-refractivity contribution in [2.75, 3.05) is 38.7 Å². The molecule has 0 aliphatic heterocycles. The van der Waals surface area contributed by atoms with Gasteiger partial charge in [0.25, 0.3) is 5.91 Å². The molecule has 0 aliphatic rings. The van der Waals surface area contributed by atoms with Crippen molar-refractivity contribution in [3.05, 3.63) is 23.9 Å². The number of aliphatic hydroxyl groups is 1. The van der Waals surface area contributed by atoms with Crippen LogP contribution in [-0.2, 0) is 0 Å². The third kappa shape index (κ3) is 3.42. The molecular weight excluding hydrogens is 218 g/mol. The molecule has 1 amide bonds. The summed E-state index contributed by atoms with van der Waals surface area (Å²) in [6, 6.07) is 3.56. The summed E-state index contributed by atoms with van der Waals surface area (Å²) in [6.45, 7) is 3.41. The Balaban J connectivity index is 2.83. The Morgan fingerprint density at radius 3 is 2.53 bits per heavy atom. The van der Waals surface area contributed by atoms with Crippen molar-refractivity contribution < 1.29 is 9.90 Å². The minimum Gasteiger partial charge on any atom is -0.395 e. The van der Waals surface area contributed by atoms with Crippen molar-refractivity contribution in [1.82, 2.24) is 9.88 Å². The lowest BCUT2D eigenvalue weighted by Crippen LogP contribution is -2.27. The van der Waals surface area contributed by atoms with Gasteiger partial charge >= 0.3 is 0 Å². The van der Waals surface area contributed by atoms with Gasteiger partial charge in [-0.15, -0.1) is 0 Å². The molecule has 0 radical (unpaired) electrons. The highest BCUT2D eigenvalue weighted by Crippen LogP contribution is 2.11. The Kier molecular flexibility index (Phi) is 4.90. The number of aliphatic hydroxyl groups excluding tert-OH is 1. The molecule has 0 bridgehead atoms. The van der Waals surface area contributed by atoms with E-state index < -0.39 is 0 Å². The van der Waals surface area contributed by atoms with E-state index >= 15 is 0 Å². The van der Waals surface area contributed by atoms with E-state index in [9.17, 15) is 4.79 Å². The largest absolute Gasteiger partial charge is 0.395 e. The van der Waals surface area contributed by atoms with Crippen LogP contribution in [0.1, 0.15) is 17.3 Å². The van der Waals surface area contributed by atoms with Crippen molar-refractivity contribution in [3.63, 3.8) is 0 Å². The first-order chi connectivity index (χ1) is 8.10. The molecule has 1 aromatic heterocycles. The monoisotopic (exact) mass is 237 g/mol. The molecule has 0 atom stereocenters. The zero-order valence-corrected chi connectivity index (χ0v) is 10.6. The molecule has 0 aliphatic carbocycles. The molecule has 0 fully saturated rings. The molecule has 17 heavy (non-hydrogen) atoms. The topological polar surface area (TPSA) is 56.7 Å². The third-order valence-corrected chi connectivity index (χ3v) is 2.48. The second-order valence-corrected chi connectivity index (χ2v) is 3.91. The second-order valence-electron chi connectivity index (χ2n) is 3.91. The molecule has 0 spiro atoms. The number of hydrogen-bond donors (Lipinski definition) is 1. The molecule has 0 saturated carbocycles. The fourth-order valence-corrected chi connectivity index (χ4v) is 1.51. The Morgan fingerprint density at radius 1 is 1.41 bits per heavy atom. The Morgan fingerprint density at radius 2 is 2.12 bits per heavy atom. The predicted molar refractivity (Wildman–Crippen MR) is 67.2 cm³/mol. The molecule has 5 nitrogen and oxygen atoms in total. The van der Waals surface area contributed by atoms with Crippen LogP contribution in [-0.4, -0.2) is 54.7 Å². The summed E-state index contributed by atoms with van der Waals surface area (Å²) in [5.74, 6) is 0.714. The highest BCUT2D eigenvalue weighted by molar-refractivity contribution is 5.93. The number of nitrogens with zero attached hydrogens (tertiary/aromatic N) is 3. The second kappa shape index (κ2) is 6.20. The lowest BCUT2D eigenvalue weighted by molar-refractivity contribution is 0.0827.